The van der Waals surface area contributed by atoms with Gasteiger partial charge in [0.05, 0.1) is 12.5 Å². The van der Waals surface area contributed by atoms with Crippen LogP contribution in [0.5, 0.6) is 11.5 Å². The number of fused-ring (bicyclic) bond motifs is 3. The first-order chi connectivity index (χ1) is 14.8. The van der Waals surface area contributed by atoms with Crippen LogP contribution in [-0.4, -0.2) is 13.6 Å². The van der Waals surface area contributed by atoms with Crippen LogP contribution in [0.15, 0.2) is 97.1 Å². The fraction of sp³-hybridized carbons (Fsp3) is 0.0741. The highest BCUT2D eigenvalue weighted by atomic mass is 16.5. The Morgan fingerprint density at radius 2 is 1.10 bits per heavy atom. The molecular formula is C27H20O3. The van der Waals surface area contributed by atoms with E-state index in [0.29, 0.717) is 12.2 Å². The first-order valence-electron chi connectivity index (χ1n) is 9.84. The van der Waals surface area contributed by atoms with Gasteiger partial charge in [0.2, 0.25) is 0 Å². The SMILES string of the molecule is COc1ccc(C2(c3ccc(OC=O)cc3)c3ccccc3-c3ccccc32)cc1. The van der Waals surface area contributed by atoms with Crippen LogP contribution in [0.2, 0.25) is 0 Å². The zero-order valence-corrected chi connectivity index (χ0v) is 16.5. The number of methoxy groups -OCH3 is 1. The fourth-order valence-electron chi connectivity index (χ4n) is 4.70. The topological polar surface area (TPSA) is 35.5 Å². The maximum atomic E-state index is 10.8. The third-order valence-corrected chi connectivity index (χ3v) is 5.95. The molecule has 1 aliphatic rings. The van der Waals surface area contributed by atoms with Crippen molar-refractivity contribution in [2.45, 2.75) is 5.41 Å². The molecule has 0 spiro atoms. The van der Waals surface area contributed by atoms with Crippen LogP contribution in [0.25, 0.3) is 11.1 Å². The lowest BCUT2D eigenvalue weighted by Gasteiger charge is -2.34. The lowest BCUT2D eigenvalue weighted by Crippen LogP contribution is -2.28. The monoisotopic (exact) mass is 392 g/mol. The summed E-state index contributed by atoms with van der Waals surface area (Å²) in [6, 6.07) is 33.2. The van der Waals surface area contributed by atoms with Crippen LogP contribution in [0.3, 0.4) is 0 Å². The highest BCUT2D eigenvalue weighted by molar-refractivity contribution is 5.86. The van der Waals surface area contributed by atoms with E-state index in [-0.39, 0.29) is 0 Å². The molecule has 0 atom stereocenters. The molecule has 1 aliphatic carbocycles. The molecule has 0 unspecified atom stereocenters. The summed E-state index contributed by atoms with van der Waals surface area (Å²) in [5, 5.41) is 0. The van der Waals surface area contributed by atoms with Gasteiger partial charge in [-0.25, -0.2) is 0 Å². The van der Waals surface area contributed by atoms with Gasteiger partial charge in [-0.3, -0.25) is 4.79 Å². The molecule has 0 fully saturated rings. The minimum Gasteiger partial charge on any atom is -0.497 e. The molecule has 0 N–H and O–H groups in total. The minimum absolute atomic E-state index is 0.453. The molecule has 0 bridgehead atoms. The second-order valence-electron chi connectivity index (χ2n) is 7.31. The maximum Gasteiger partial charge on any atom is 0.298 e. The summed E-state index contributed by atoms with van der Waals surface area (Å²) >= 11 is 0. The Kier molecular flexibility index (Phi) is 4.36. The molecule has 0 radical (unpaired) electrons. The predicted molar refractivity (Wildman–Crippen MR) is 117 cm³/mol. The average molecular weight is 392 g/mol. The van der Waals surface area contributed by atoms with Crippen LogP contribution < -0.4 is 9.47 Å². The van der Waals surface area contributed by atoms with E-state index in [0.717, 1.165) is 16.9 Å². The lowest BCUT2D eigenvalue weighted by atomic mass is 9.68. The van der Waals surface area contributed by atoms with Crippen molar-refractivity contribution < 1.29 is 14.3 Å². The normalized spacial score (nSPS) is 13.2. The van der Waals surface area contributed by atoms with Crippen molar-refractivity contribution in [2.24, 2.45) is 0 Å². The van der Waals surface area contributed by atoms with E-state index in [1.54, 1.807) is 7.11 Å². The molecule has 0 saturated carbocycles. The molecule has 0 heterocycles. The molecule has 5 rings (SSSR count). The molecule has 3 nitrogen and oxygen atoms in total. The zero-order valence-electron chi connectivity index (χ0n) is 16.5. The summed E-state index contributed by atoms with van der Waals surface area (Å²) in [5.41, 5.74) is 6.74. The van der Waals surface area contributed by atoms with Crippen LogP contribution in [-0.2, 0) is 10.2 Å². The van der Waals surface area contributed by atoms with Crippen LogP contribution in [0, 0.1) is 0 Å². The molecule has 0 saturated heterocycles. The van der Waals surface area contributed by atoms with Gasteiger partial charge in [-0.1, -0.05) is 72.8 Å². The van der Waals surface area contributed by atoms with Crippen molar-refractivity contribution in [1.82, 2.24) is 0 Å². The van der Waals surface area contributed by atoms with Crippen LogP contribution >= 0.6 is 0 Å². The number of hydrogen-bond donors (Lipinski definition) is 0. The van der Waals surface area contributed by atoms with Crippen molar-refractivity contribution in [3.8, 4) is 22.6 Å². The van der Waals surface area contributed by atoms with E-state index < -0.39 is 5.41 Å². The number of ether oxygens (including phenoxy) is 2. The third kappa shape index (κ3) is 2.56. The molecule has 0 aromatic heterocycles. The van der Waals surface area contributed by atoms with Crippen molar-refractivity contribution >= 4 is 6.47 Å². The van der Waals surface area contributed by atoms with Crippen molar-refractivity contribution in [1.29, 1.82) is 0 Å². The number of benzene rings is 4. The van der Waals surface area contributed by atoms with Gasteiger partial charge in [-0.15, -0.1) is 0 Å². The highest BCUT2D eigenvalue weighted by Gasteiger charge is 2.45. The van der Waals surface area contributed by atoms with E-state index in [2.05, 4.69) is 60.7 Å². The second-order valence-corrected chi connectivity index (χ2v) is 7.31. The summed E-state index contributed by atoms with van der Waals surface area (Å²) < 4.78 is 10.4. The van der Waals surface area contributed by atoms with Crippen molar-refractivity contribution in [3.63, 3.8) is 0 Å². The number of rotatable bonds is 5. The summed E-state index contributed by atoms with van der Waals surface area (Å²) in [7, 11) is 1.68. The molecule has 4 aromatic carbocycles. The van der Waals surface area contributed by atoms with E-state index in [4.69, 9.17) is 9.47 Å². The van der Waals surface area contributed by atoms with Crippen molar-refractivity contribution in [2.75, 3.05) is 7.11 Å². The lowest BCUT2D eigenvalue weighted by molar-refractivity contribution is -0.120. The van der Waals surface area contributed by atoms with Crippen LogP contribution in [0.1, 0.15) is 22.3 Å². The fourth-order valence-corrected chi connectivity index (χ4v) is 4.70. The van der Waals surface area contributed by atoms with E-state index in [9.17, 15) is 4.79 Å². The van der Waals surface area contributed by atoms with Gasteiger partial charge in [-0.2, -0.15) is 0 Å². The molecule has 0 aliphatic heterocycles. The van der Waals surface area contributed by atoms with Crippen molar-refractivity contribution in [3.05, 3.63) is 119 Å². The van der Waals surface area contributed by atoms with Gasteiger partial charge >= 0.3 is 0 Å². The molecule has 30 heavy (non-hydrogen) atoms. The van der Waals surface area contributed by atoms with Gasteiger partial charge in [-0.05, 0) is 57.6 Å². The summed E-state index contributed by atoms with van der Waals surface area (Å²) in [6.45, 7) is 0.453. The first kappa shape index (κ1) is 18.2. The third-order valence-electron chi connectivity index (χ3n) is 5.95. The zero-order chi connectivity index (χ0) is 20.6. The van der Waals surface area contributed by atoms with Gasteiger partial charge < -0.3 is 9.47 Å². The Labute approximate surface area is 175 Å². The molecule has 4 aromatic rings. The Hall–Kier alpha value is -3.85. The number of hydrogen-bond acceptors (Lipinski definition) is 3. The Morgan fingerprint density at radius 1 is 0.633 bits per heavy atom. The quantitative estimate of drug-likeness (QED) is 0.366. The smallest absolute Gasteiger partial charge is 0.298 e. The van der Waals surface area contributed by atoms with E-state index in [1.807, 2.05) is 36.4 Å². The summed E-state index contributed by atoms with van der Waals surface area (Å²) in [6.07, 6.45) is 0. The van der Waals surface area contributed by atoms with E-state index >= 15 is 0 Å². The molecule has 146 valence electrons. The average Bonchev–Trinajstić information content (AvgIpc) is 3.11. The van der Waals surface area contributed by atoms with Gasteiger partial charge in [0, 0.05) is 0 Å². The standard InChI is InChI=1S/C27H20O3/c1-29-21-14-10-19(11-15-21)27(20-12-16-22(17-13-20)30-18-28)25-8-4-2-6-23(25)24-7-3-5-9-26(24)27/h2-18H,1H3. The molecule has 0 amide bonds. The second kappa shape index (κ2) is 7.20. The number of carbonyl (C=O) groups excluding carboxylic acids is 1. The predicted octanol–water partition coefficient (Wildman–Crippen LogP) is 5.59. The summed E-state index contributed by atoms with van der Waals surface area (Å²) in [4.78, 5) is 10.8. The maximum absolute atomic E-state index is 10.8. The molecular weight excluding hydrogens is 372 g/mol. The van der Waals surface area contributed by atoms with Gasteiger partial charge in [0.1, 0.15) is 11.5 Å². The first-order valence-corrected chi connectivity index (χ1v) is 9.84. The highest BCUT2D eigenvalue weighted by Crippen LogP contribution is 2.56. The Bertz CT molecular complexity index is 1160. The van der Waals surface area contributed by atoms with E-state index in [1.165, 1.54) is 22.3 Å². The molecule has 3 heteroatoms. The summed E-state index contributed by atoms with van der Waals surface area (Å²) in [5.74, 6) is 1.35. The Balaban J connectivity index is 1.85. The van der Waals surface area contributed by atoms with Crippen LogP contribution in [0.4, 0.5) is 0 Å². The Morgan fingerprint density at radius 3 is 1.57 bits per heavy atom. The number of carbonyl (C=O) groups is 1. The van der Waals surface area contributed by atoms with Gasteiger partial charge in [0.15, 0.2) is 0 Å². The minimum atomic E-state index is -0.473. The van der Waals surface area contributed by atoms with Gasteiger partial charge in [0.25, 0.3) is 6.47 Å². The largest absolute Gasteiger partial charge is 0.497 e.